The average Bonchev–Trinajstić information content (AvgIpc) is 3.17. The zero-order valence-electron chi connectivity index (χ0n) is 21.1. The van der Waals surface area contributed by atoms with Crippen LogP contribution in [-0.4, -0.2) is 31.2 Å². The van der Waals surface area contributed by atoms with Crippen LogP contribution < -0.4 is 10.4 Å². The Morgan fingerprint density at radius 1 is 1.06 bits per heavy atom. The normalized spacial score (nSPS) is 21.1. The molecule has 34 heavy (non-hydrogen) atoms. The standard InChI is InChI=1S/C29H38N2O2Si/c1-22(2)16-18-27-23(20-24(32)21-31-30)17-19-28(27)33-34(29(3,4)5,25-12-8-6-9-13-25)26-14-10-7-11-15-26/h6-16,18,21-23,27-28H,17,19-20H2,1-5H3/b18-16+/t23-,27+,28+/m1/s1. The molecular weight excluding hydrogens is 436 g/mol. The third-order valence-electron chi connectivity index (χ3n) is 6.92. The Balaban J connectivity index is 2.09. The lowest BCUT2D eigenvalue weighted by atomic mass is 9.89. The number of rotatable bonds is 9. The first-order chi connectivity index (χ1) is 16.2. The molecule has 0 bridgehead atoms. The molecule has 4 nitrogen and oxygen atoms in total. The van der Waals surface area contributed by atoms with E-state index in [4.69, 9.17) is 9.96 Å². The summed E-state index contributed by atoms with van der Waals surface area (Å²) in [6.07, 6.45) is 7.75. The van der Waals surface area contributed by atoms with Crippen LogP contribution in [0.25, 0.3) is 5.53 Å². The van der Waals surface area contributed by atoms with Gasteiger partial charge in [-0.3, -0.25) is 4.79 Å². The molecule has 1 aliphatic rings. The topological polar surface area (TPSA) is 62.7 Å². The van der Waals surface area contributed by atoms with E-state index in [0.717, 1.165) is 19.1 Å². The lowest BCUT2D eigenvalue weighted by Crippen LogP contribution is -2.68. The molecule has 0 radical (unpaired) electrons. The van der Waals surface area contributed by atoms with Crippen LogP contribution in [0.3, 0.4) is 0 Å². The van der Waals surface area contributed by atoms with Gasteiger partial charge in [-0.05, 0) is 40.1 Å². The number of benzene rings is 2. The van der Waals surface area contributed by atoms with Gasteiger partial charge in [-0.25, -0.2) is 0 Å². The summed E-state index contributed by atoms with van der Waals surface area (Å²) >= 11 is 0. The summed E-state index contributed by atoms with van der Waals surface area (Å²) in [7, 11) is -2.68. The first-order valence-electron chi connectivity index (χ1n) is 12.4. The van der Waals surface area contributed by atoms with Gasteiger partial charge in [-0.2, -0.15) is 4.79 Å². The van der Waals surface area contributed by atoms with Crippen LogP contribution in [0.15, 0.2) is 72.8 Å². The Labute approximate surface area is 205 Å². The zero-order chi connectivity index (χ0) is 24.8. The van der Waals surface area contributed by atoms with Crippen molar-refractivity contribution in [1.29, 1.82) is 0 Å². The van der Waals surface area contributed by atoms with Crippen molar-refractivity contribution in [2.45, 2.75) is 65.0 Å². The Morgan fingerprint density at radius 2 is 1.62 bits per heavy atom. The minimum atomic E-state index is -2.68. The molecule has 3 rings (SSSR count). The fraction of sp³-hybridized carbons (Fsp3) is 0.448. The van der Waals surface area contributed by atoms with Crippen LogP contribution in [0.1, 0.15) is 53.9 Å². The first kappa shape index (κ1) is 26.0. The maximum Gasteiger partial charge on any atom is 0.323 e. The van der Waals surface area contributed by atoms with Gasteiger partial charge in [0.2, 0.25) is 5.78 Å². The lowest BCUT2D eigenvalue weighted by Gasteiger charge is -2.45. The largest absolute Gasteiger partial charge is 0.404 e. The van der Waals surface area contributed by atoms with Crippen molar-refractivity contribution in [2.75, 3.05) is 0 Å². The predicted octanol–water partition coefficient (Wildman–Crippen LogP) is 5.43. The molecule has 2 aromatic carbocycles. The SMILES string of the molecule is CC(C)/C=C/[C@H]1[C@@H](CC(=O)C=[N+]=[N-])CC[C@@H]1O[Si](c1ccccc1)(c1ccccc1)C(C)(C)C. The number of allylic oxidation sites excluding steroid dienone is 1. The molecule has 0 heterocycles. The molecule has 0 amide bonds. The highest BCUT2D eigenvalue weighted by atomic mass is 28.4. The Bertz CT molecular complexity index is 982. The number of hydrogen-bond acceptors (Lipinski definition) is 2. The Hall–Kier alpha value is -2.59. The van der Waals surface area contributed by atoms with Crippen LogP contribution in [0, 0.1) is 17.8 Å². The highest BCUT2D eigenvalue weighted by molar-refractivity contribution is 6.99. The van der Waals surface area contributed by atoms with Crippen molar-refractivity contribution in [2.24, 2.45) is 17.8 Å². The molecule has 0 spiro atoms. The van der Waals surface area contributed by atoms with E-state index in [0.29, 0.717) is 12.3 Å². The first-order valence-corrected chi connectivity index (χ1v) is 14.3. The molecule has 3 atom stereocenters. The van der Waals surface area contributed by atoms with Crippen molar-refractivity contribution in [1.82, 2.24) is 0 Å². The minimum absolute atomic E-state index is 0.0187. The summed E-state index contributed by atoms with van der Waals surface area (Å²) in [6.45, 7) is 11.2. The second kappa shape index (κ2) is 11.2. The summed E-state index contributed by atoms with van der Waals surface area (Å²) in [5.41, 5.74) is 8.81. The molecule has 1 aliphatic carbocycles. The molecule has 180 valence electrons. The van der Waals surface area contributed by atoms with Gasteiger partial charge in [0.1, 0.15) is 0 Å². The Morgan fingerprint density at radius 3 is 2.09 bits per heavy atom. The molecular formula is C29H38N2O2Si. The fourth-order valence-electron chi connectivity index (χ4n) is 5.37. The number of carbonyl (C=O) groups is 1. The lowest BCUT2D eigenvalue weighted by molar-refractivity contribution is -0.117. The highest BCUT2D eigenvalue weighted by Crippen LogP contribution is 2.44. The summed E-state index contributed by atoms with van der Waals surface area (Å²) < 4.78 is 7.45. The van der Waals surface area contributed by atoms with Crippen LogP contribution in [0.5, 0.6) is 0 Å². The molecule has 1 saturated carbocycles. The van der Waals surface area contributed by atoms with E-state index < -0.39 is 8.32 Å². The van der Waals surface area contributed by atoms with Crippen LogP contribution >= 0.6 is 0 Å². The van der Waals surface area contributed by atoms with Crippen molar-refractivity contribution >= 4 is 30.7 Å². The Kier molecular flexibility index (Phi) is 8.59. The predicted molar refractivity (Wildman–Crippen MR) is 142 cm³/mol. The summed E-state index contributed by atoms with van der Waals surface area (Å²) in [6, 6.07) is 21.4. The second-order valence-electron chi connectivity index (χ2n) is 10.8. The van der Waals surface area contributed by atoms with Crippen LogP contribution in [-0.2, 0) is 9.22 Å². The van der Waals surface area contributed by atoms with Crippen LogP contribution in [0.2, 0.25) is 5.04 Å². The molecule has 0 aliphatic heterocycles. The van der Waals surface area contributed by atoms with Gasteiger partial charge in [0.25, 0.3) is 8.32 Å². The average molecular weight is 475 g/mol. The minimum Gasteiger partial charge on any atom is -0.404 e. The van der Waals surface area contributed by atoms with Crippen molar-refractivity contribution in [3.63, 3.8) is 0 Å². The molecule has 0 aromatic heterocycles. The van der Waals surface area contributed by atoms with E-state index in [1.54, 1.807) is 0 Å². The van der Waals surface area contributed by atoms with Crippen molar-refractivity contribution in [3.05, 3.63) is 78.3 Å². The third-order valence-corrected chi connectivity index (χ3v) is 12.0. The van der Waals surface area contributed by atoms with Crippen LogP contribution in [0.4, 0.5) is 0 Å². The smallest absolute Gasteiger partial charge is 0.323 e. The van der Waals surface area contributed by atoms with Gasteiger partial charge in [0.15, 0.2) is 0 Å². The molecule has 2 aromatic rings. The van der Waals surface area contributed by atoms with Crippen molar-refractivity contribution < 1.29 is 14.0 Å². The molecule has 0 unspecified atom stereocenters. The second-order valence-corrected chi connectivity index (χ2v) is 15.0. The molecule has 5 heteroatoms. The van der Waals surface area contributed by atoms with Gasteiger partial charge in [0, 0.05) is 12.3 Å². The quantitative estimate of drug-likeness (QED) is 0.160. The van der Waals surface area contributed by atoms with Gasteiger partial charge < -0.3 is 9.96 Å². The highest BCUT2D eigenvalue weighted by Gasteiger charge is 2.53. The molecule has 1 fully saturated rings. The summed E-state index contributed by atoms with van der Waals surface area (Å²) in [5.74, 6) is 0.592. The van der Waals surface area contributed by atoms with Gasteiger partial charge in [-0.1, -0.05) is 107 Å². The van der Waals surface area contributed by atoms with E-state index in [9.17, 15) is 4.79 Å². The summed E-state index contributed by atoms with van der Waals surface area (Å²) in [4.78, 5) is 15.3. The van der Waals surface area contributed by atoms with E-state index >= 15 is 0 Å². The maximum absolute atomic E-state index is 12.3. The molecule has 0 N–H and O–H groups in total. The van der Waals surface area contributed by atoms with E-state index in [-0.39, 0.29) is 28.8 Å². The third kappa shape index (κ3) is 5.72. The number of nitrogens with zero attached hydrogens (tertiary/aromatic N) is 2. The zero-order valence-corrected chi connectivity index (χ0v) is 22.1. The van der Waals surface area contributed by atoms with E-state index in [1.807, 2.05) is 0 Å². The van der Waals surface area contributed by atoms with E-state index in [1.165, 1.54) is 10.4 Å². The number of Topliss-reactive ketones (excluding diaryl/α,β-unsaturated/α-hetero) is 1. The maximum atomic E-state index is 12.3. The van der Waals surface area contributed by atoms with Gasteiger partial charge >= 0.3 is 6.21 Å². The van der Waals surface area contributed by atoms with Gasteiger partial charge in [0.05, 0.1) is 6.10 Å². The van der Waals surface area contributed by atoms with E-state index in [2.05, 4.69) is 112 Å². The number of carbonyl (C=O) groups excluding carboxylic acids is 1. The molecule has 0 saturated heterocycles. The number of ketones is 1. The van der Waals surface area contributed by atoms with Crippen molar-refractivity contribution in [3.8, 4) is 0 Å². The summed E-state index contributed by atoms with van der Waals surface area (Å²) in [5, 5.41) is 2.44. The monoisotopic (exact) mass is 474 g/mol. The number of hydrogen-bond donors (Lipinski definition) is 0. The van der Waals surface area contributed by atoms with Gasteiger partial charge in [-0.15, -0.1) is 0 Å². The fourth-order valence-corrected chi connectivity index (χ4v) is 10.1.